The second-order valence-corrected chi connectivity index (χ2v) is 5.35. The topological polar surface area (TPSA) is 29.5 Å². The minimum absolute atomic E-state index is 0.119. The molecule has 5 heteroatoms. The van der Waals surface area contributed by atoms with Crippen LogP contribution in [0, 0.1) is 11.6 Å². The summed E-state index contributed by atoms with van der Waals surface area (Å²) in [5.41, 5.74) is -0.279. The Balaban J connectivity index is 2.12. The quantitative estimate of drug-likeness (QED) is 0.860. The molecule has 18 heavy (non-hydrogen) atoms. The van der Waals surface area contributed by atoms with E-state index in [4.69, 9.17) is 4.74 Å². The summed E-state index contributed by atoms with van der Waals surface area (Å²) in [6, 6.07) is 2.44. The normalized spacial score (nSPS) is 21.9. The van der Waals surface area contributed by atoms with Crippen LogP contribution >= 0.6 is 15.9 Å². The van der Waals surface area contributed by atoms with Crippen LogP contribution < -0.4 is 0 Å². The molecule has 0 spiro atoms. The molecular formula is C13H15BrF2O2. The molecule has 100 valence electrons. The fourth-order valence-electron chi connectivity index (χ4n) is 2.21. The Kier molecular flexibility index (Phi) is 4.70. The van der Waals surface area contributed by atoms with Crippen molar-refractivity contribution in [3.05, 3.63) is 33.8 Å². The first kappa shape index (κ1) is 13.9. The van der Waals surface area contributed by atoms with Crippen LogP contribution in [-0.4, -0.2) is 17.8 Å². The largest absolute Gasteiger partial charge is 0.388 e. The molecule has 2 rings (SSSR count). The molecule has 2 atom stereocenters. The number of hydrogen-bond donors (Lipinski definition) is 1. The molecule has 1 aliphatic rings. The average Bonchev–Trinajstić information content (AvgIpc) is 2.36. The summed E-state index contributed by atoms with van der Waals surface area (Å²) in [4.78, 5) is 0. The predicted octanol–water partition coefficient (Wildman–Crippen LogP) is 3.72. The monoisotopic (exact) mass is 320 g/mol. The second kappa shape index (κ2) is 6.08. The number of benzene rings is 1. The van der Waals surface area contributed by atoms with Gasteiger partial charge in [0, 0.05) is 13.0 Å². The fraction of sp³-hybridized carbons (Fsp3) is 0.538. The summed E-state index contributed by atoms with van der Waals surface area (Å²) in [6.45, 7) is 0.654. The van der Waals surface area contributed by atoms with Gasteiger partial charge in [0.25, 0.3) is 0 Å². The zero-order valence-electron chi connectivity index (χ0n) is 9.83. The lowest BCUT2D eigenvalue weighted by Gasteiger charge is -2.25. The van der Waals surface area contributed by atoms with E-state index in [9.17, 15) is 13.9 Å². The van der Waals surface area contributed by atoms with Crippen molar-refractivity contribution in [3.8, 4) is 0 Å². The molecule has 1 fully saturated rings. The zero-order chi connectivity index (χ0) is 13.1. The summed E-state index contributed by atoms with van der Waals surface area (Å²) in [6.07, 6.45) is 1.79. The predicted molar refractivity (Wildman–Crippen MR) is 67.2 cm³/mol. The summed E-state index contributed by atoms with van der Waals surface area (Å²) in [5, 5.41) is 9.98. The highest BCUT2D eigenvalue weighted by Crippen LogP contribution is 2.31. The maximum absolute atomic E-state index is 13.8. The highest BCUT2D eigenvalue weighted by molar-refractivity contribution is 9.10. The van der Waals surface area contributed by atoms with E-state index in [2.05, 4.69) is 15.9 Å². The lowest BCUT2D eigenvalue weighted by molar-refractivity contribution is -0.0167. The van der Waals surface area contributed by atoms with Crippen molar-refractivity contribution in [2.75, 3.05) is 6.61 Å². The number of aliphatic hydroxyl groups is 1. The van der Waals surface area contributed by atoms with Crippen molar-refractivity contribution in [3.63, 3.8) is 0 Å². The third-order valence-electron chi connectivity index (χ3n) is 3.17. The van der Waals surface area contributed by atoms with E-state index in [0.717, 1.165) is 25.3 Å². The molecule has 0 radical (unpaired) electrons. The van der Waals surface area contributed by atoms with Gasteiger partial charge in [-0.3, -0.25) is 0 Å². The fourth-order valence-corrected chi connectivity index (χ4v) is 2.55. The van der Waals surface area contributed by atoms with Crippen molar-refractivity contribution in [2.24, 2.45) is 0 Å². The summed E-state index contributed by atoms with van der Waals surface area (Å²) < 4.78 is 33.0. The third kappa shape index (κ3) is 3.08. The van der Waals surface area contributed by atoms with Gasteiger partial charge in [-0.2, -0.15) is 0 Å². The van der Waals surface area contributed by atoms with Crippen molar-refractivity contribution >= 4 is 15.9 Å². The Bertz CT molecular complexity index is 420. The lowest BCUT2D eigenvalue weighted by atomic mass is 9.98. The SMILES string of the molecule is OC(CC1CCCCO1)c1c(F)ccc(Br)c1F. The van der Waals surface area contributed by atoms with Gasteiger partial charge < -0.3 is 9.84 Å². The van der Waals surface area contributed by atoms with E-state index in [-0.39, 0.29) is 22.6 Å². The first-order valence-corrected chi connectivity index (χ1v) is 6.82. The Morgan fingerprint density at radius 3 is 2.83 bits per heavy atom. The summed E-state index contributed by atoms with van der Waals surface area (Å²) >= 11 is 2.99. The number of rotatable bonds is 3. The van der Waals surface area contributed by atoms with Gasteiger partial charge in [-0.15, -0.1) is 0 Å². The van der Waals surface area contributed by atoms with Crippen LogP contribution in [0.25, 0.3) is 0 Å². The highest BCUT2D eigenvalue weighted by atomic mass is 79.9. The maximum Gasteiger partial charge on any atom is 0.146 e. The van der Waals surface area contributed by atoms with Crippen molar-refractivity contribution in [2.45, 2.75) is 37.9 Å². The van der Waals surface area contributed by atoms with Gasteiger partial charge in [-0.05, 0) is 47.3 Å². The molecule has 1 heterocycles. The summed E-state index contributed by atoms with van der Waals surface area (Å²) in [5.74, 6) is -1.46. The van der Waals surface area contributed by atoms with Crippen LogP contribution in [0.2, 0.25) is 0 Å². The molecule has 0 bridgehead atoms. The van der Waals surface area contributed by atoms with Gasteiger partial charge in [0.05, 0.1) is 22.2 Å². The van der Waals surface area contributed by atoms with Gasteiger partial charge in [0.15, 0.2) is 0 Å². The Labute approximate surface area is 113 Å². The van der Waals surface area contributed by atoms with E-state index in [1.165, 1.54) is 6.07 Å². The van der Waals surface area contributed by atoms with Crippen molar-refractivity contribution in [1.29, 1.82) is 0 Å². The molecule has 0 saturated carbocycles. The van der Waals surface area contributed by atoms with Gasteiger partial charge >= 0.3 is 0 Å². The van der Waals surface area contributed by atoms with Gasteiger partial charge in [0.1, 0.15) is 11.6 Å². The molecule has 0 aliphatic carbocycles. The van der Waals surface area contributed by atoms with Crippen LogP contribution in [0.1, 0.15) is 37.4 Å². The number of ether oxygens (including phenoxy) is 1. The van der Waals surface area contributed by atoms with Crippen molar-refractivity contribution < 1.29 is 18.6 Å². The molecule has 2 unspecified atom stereocenters. The van der Waals surface area contributed by atoms with Crippen LogP contribution in [0.5, 0.6) is 0 Å². The molecule has 1 N–H and O–H groups in total. The van der Waals surface area contributed by atoms with Crippen LogP contribution in [0.15, 0.2) is 16.6 Å². The minimum atomic E-state index is -1.18. The number of halogens is 3. The minimum Gasteiger partial charge on any atom is -0.388 e. The van der Waals surface area contributed by atoms with Crippen LogP contribution in [-0.2, 0) is 4.74 Å². The van der Waals surface area contributed by atoms with E-state index in [1.807, 2.05) is 0 Å². The van der Waals surface area contributed by atoms with Crippen molar-refractivity contribution in [1.82, 2.24) is 0 Å². The Morgan fingerprint density at radius 1 is 1.39 bits per heavy atom. The molecule has 1 aromatic carbocycles. The second-order valence-electron chi connectivity index (χ2n) is 4.50. The van der Waals surface area contributed by atoms with E-state index < -0.39 is 17.7 Å². The maximum atomic E-state index is 13.8. The smallest absolute Gasteiger partial charge is 0.146 e. The van der Waals surface area contributed by atoms with Gasteiger partial charge in [-0.25, -0.2) is 8.78 Å². The van der Waals surface area contributed by atoms with Gasteiger partial charge in [-0.1, -0.05) is 0 Å². The Morgan fingerprint density at radius 2 is 2.17 bits per heavy atom. The number of aliphatic hydroxyl groups excluding tert-OH is 1. The molecule has 1 aliphatic heterocycles. The first-order valence-electron chi connectivity index (χ1n) is 6.02. The molecular weight excluding hydrogens is 306 g/mol. The molecule has 1 aromatic rings. The van der Waals surface area contributed by atoms with E-state index in [0.29, 0.717) is 6.61 Å². The van der Waals surface area contributed by atoms with E-state index in [1.54, 1.807) is 0 Å². The first-order chi connectivity index (χ1) is 8.59. The third-order valence-corrected chi connectivity index (χ3v) is 3.79. The molecule has 1 saturated heterocycles. The zero-order valence-corrected chi connectivity index (χ0v) is 11.4. The van der Waals surface area contributed by atoms with E-state index >= 15 is 0 Å². The molecule has 2 nitrogen and oxygen atoms in total. The molecule has 0 aromatic heterocycles. The Hall–Kier alpha value is -0.520. The molecule has 0 amide bonds. The van der Waals surface area contributed by atoms with Gasteiger partial charge in [0.2, 0.25) is 0 Å². The van der Waals surface area contributed by atoms with Crippen LogP contribution in [0.4, 0.5) is 8.78 Å². The lowest BCUT2D eigenvalue weighted by Crippen LogP contribution is -2.22. The number of hydrogen-bond acceptors (Lipinski definition) is 2. The standard InChI is InChI=1S/C13H15BrF2O2/c14-9-4-5-10(15)12(13(9)16)11(17)7-8-3-1-2-6-18-8/h4-5,8,11,17H,1-3,6-7H2. The highest BCUT2D eigenvalue weighted by Gasteiger charge is 2.24. The average molecular weight is 321 g/mol. The van der Waals surface area contributed by atoms with Crippen LogP contribution in [0.3, 0.4) is 0 Å². The summed E-state index contributed by atoms with van der Waals surface area (Å²) in [7, 11) is 0.